The van der Waals surface area contributed by atoms with Gasteiger partial charge in [-0.05, 0) is 91.9 Å². The Hall–Kier alpha value is -3.08. The Balaban J connectivity index is 1.63. The average Bonchev–Trinajstić information content (AvgIpc) is 2.83. The molecule has 0 saturated carbocycles. The van der Waals surface area contributed by atoms with E-state index in [1.165, 1.54) is 7.11 Å². The number of allylic oxidation sites excluding steroid dienone is 2. The summed E-state index contributed by atoms with van der Waals surface area (Å²) in [5.74, 6) is 6.44. The molecular formula is C28H30N2O4S. The molecule has 1 aromatic carbocycles. The van der Waals surface area contributed by atoms with Crippen molar-refractivity contribution in [2.45, 2.75) is 51.5 Å². The standard InChI is InChI=1S/C28H30N2O4S/c1-5-8-21-15-19(2)25(20(3)16-21)26-22(31)17-28(18-23(26)34-27(32)33-4)10-13-30(14-11-28)35-24-9-6-7-12-29-24/h6-7,9,12,15-16H,10-11,13-14,17-18H2,1-4H3. The number of carbonyl (C=O) groups is 2. The van der Waals surface area contributed by atoms with Gasteiger partial charge in [-0.1, -0.05) is 12.0 Å². The van der Waals surface area contributed by atoms with Crippen LogP contribution in [0.15, 0.2) is 47.3 Å². The zero-order chi connectivity index (χ0) is 25.0. The van der Waals surface area contributed by atoms with Crippen molar-refractivity contribution in [2.75, 3.05) is 20.2 Å². The highest BCUT2D eigenvalue weighted by Crippen LogP contribution is 2.49. The number of ketones is 1. The second-order valence-corrected chi connectivity index (χ2v) is 10.3. The third-order valence-electron chi connectivity index (χ3n) is 6.70. The fourth-order valence-electron chi connectivity index (χ4n) is 5.10. The van der Waals surface area contributed by atoms with E-state index in [0.29, 0.717) is 24.2 Å². The predicted molar refractivity (Wildman–Crippen MR) is 136 cm³/mol. The van der Waals surface area contributed by atoms with Crippen LogP contribution in [0.25, 0.3) is 5.57 Å². The van der Waals surface area contributed by atoms with Gasteiger partial charge in [-0.15, -0.1) is 5.92 Å². The van der Waals surface area contributed by atoms with Gasteiger partial charge in [0.25, 0.3) is 0 Å². The summed E-state index contributed by atoms with van der Waals surface area (Å²) in [6, 6.07) is 9.84. The first-order chi connectivity index (χ1) is 16.8. The fourth-order valence-corrected chi connectivity index (χ4v) is 5.97. The first kappa shape index (κ1) is 25.0. The Bertz CT molecular complexity index is 1200. The SMILES string of the molecule is CC#Cc1cc(C)c(C2=C(OC(=O)OC)CC3(CCN(Sc4ccccn4)CC3)CC2=O)c(C)c1. The van der Waals surface area contributed by atoms with Gasteiger partial charge in [-0.2, -0.15) is 0 Å². The summed E-state index contributed by atoms with van der Waals surface area (Å²) in [5, 5.41) is 0.960. The lowest BCUT2D eigenvalue weighted by Gasteiger charge is -2.43. The number of pyridine rings is 1. The molecule has 2 heterocycles. The topological polar surface area (TPSA) is 68.7 Å². The number of carbonyl (C=O) groups excluding carboxylic acids is 2. The summed E-state index contributed by atoms with van der Waals surface area (Å²) in [4.78, 5) is 30.3. The number of hydrogen-bond donors (Lipinski definition) is 0. The van der Waals surface area contributed by atoms with Crippen molar-refractivity contribution >= 4 is 29.5 Å². The van der Waals surface area contributed by atoms with E-state index in [4.69, 9.17) is 9.47 Å². The fraction of sp³-hybridized carbons (Fsp3) is 0.393. The monoisotopic (exact) mass is 490 g/mol. The lowest BCUT2D eigenvalue weighted by atomic mass is 9.66. The van der Waals surface area contributed by atoms with Crippen molar-refractivity contribution in [1.29, 1.82) is 0 Å². The molecule has 35 heavy (non-hydrogen) atoms. The van der Waals surface area contributed by atoms with E-state index in [-0.39, 0.29) is 11.2 Å². The van der Waals surface area contributed by atoms with Gasteiger partial charge in [0, 0.05) is 37.7 Å². The minimum atomic E-state index is -0.797. The zero-order valence-electron chi connectivity index (χ0n) is 20.6. The molecule has 1 spiro atoms. The summed E-state index contributed by atoms with van der Waals surface area (Å²) in [5.41, 5.74) is 3.87. The molecule has 182 valence electrons. The molecule has 0 unspecified atom stereocenters. The molecule has 1 fully saturated rings. The first-order valence-corrected chi connectivity index (χ1v) is 12.5. The summed E-state index contributed by atoms with van der Waals surface area (Å²) in [6.07, 6.45) is 3.64. The van der Waals surface area contributed by atoms with E-state index >= 15 is 0 Å². The highest BCUT2D eigenvalue weighted by molar-refractivity contribution is 7.97. The van der Waals surface area contributed by atoms with E-state index in [1.54, 1.807) is 25.1 Å². The Morgan fingerprint density at radius 3 is 2.46 bits per heavy atom. The minimum Gasteiger partial charge on any atom is -0.437 e. The molecule has 6 nitrogen and oxygen atoms in total. The molecule has 7 heteroatoms. The van der Waals surface area contributed by atoms with Gasteiger partial charge < -0.3 is 9.47 Å². The molecule has 0 amide bonds. The minimum absolute atomic E-state index is 0.0153. The number of Topliss-reactive ketones (excluding diaryl/α,β-unsaturated/α-hetero) is 1. The molecule has 1 aliphatic carbocycles. The average molecular weight is 491 g/mol. The van der Waals surface area contributed by atoms with Crippen LogP contribution in [0.1, 0.15) is 54.9 Å². The summed E-state index contributed by atoms with van der Waals surface area (Å²) < 4.78 is 12.7. The van der Waals surface area contributed by atoms with Crippen LogP contribution in [0, 0.1) is 31.1 Å². The van der Waals surface area contributed by atoms with E-state index in [1.807, 2.05) is 44.2 Å². The van der Waals surface area contributed by atoms with Crippen LogP contribution in [0.4, 0.5) is 4.79 Å². The molecule has 1 saturated heterocycles. The Labute approximate surface area is 211 Å². The molecule has 0 atom stereocenters. The molecule has 2 aromatic rings. The Morgan fingerprint density at radius 1 is 1.14 bits per heavy atom. The van der Waals surface area contributed by atoms with Crippen LogP contribution < -0.4 is 0 Å². The molecule has 4 rings (SSSR count). The molecule has 0 radical (unpaired) electrons. The van der Waals surface area contributed by atoms with Crippen LogP contribution in [0.2, 0.25) is 0 Å². The van der Waals surface area contributed by atoms with E-state index in [2.05, 4.69) is 21.1 Å². The number of nitrogens with zero attached hydrogens (tertiary/aromatic N) is 2. The van der Waals surface area contributed by atoms with Crippen molar-refractivity contribution in [3.8, 4) is 11.8 Å². The lowest BCUT2D eigenvalue weighted by molar-refractivity contribution is -0.117. The van der Waals surface area contributed by atoms with Crippen molar-refractivity contribution < 1.29 is 19.1 Å². The molecule has 0 N–H and O–H groups in total. The maximum Gasteiger partial charge on any atom is 0.513 e. The third-order valence-corrected chi connectivity index (χ3v) is 7.75. The number of aromatic nitrogens is 1. The summed E-state index contributed by atoms with van der Waals surface area (Å²) in [7, 11) is 1.28. The molecule has 2 aliphatic rings. The highest BCUT2D eigenvalue weighted by Gasteiger charge is 2.44. The normalized spacial score (nSPS) is 17.7. The molecule has 1 aromatic heterocycles. The van der Waals surface area contributed by atoms with Gasteiger partial charge in [0.2, 0.25) is 0 Å². The maximum absolute atomic E-state index is 13.7. The molecule has 0 bridgehead atoms. The maximum atomic E-state index is 13.7. The van der Waals surface area contributed by atoms with Crippen molar-refractivity contribution in [3.63, 3.8) is 0 Å². The van der Waals surface area contributed by atoms with E-state index < -0.39 is 6.16 Å². The van der Waals surface area contributed by atoms with Crippen LogP contribution in [-0.2, 0) is 14.3 Å². The van der Waals surface area contributed by atoms with Crippen LogP contribution in [0.3, 0.4) is 0 Å². The smallest absolute Gasteiger partial charge is 0.437 e. The summed E-state index contributed by atoms with van der Waals surface area (Å²) in [6.45, 7) is 7.40. The largest absolute Gasteiger partial charge is 0.513 e. The van der Waals surface area contributed by atoms with Gasteiger partial charge in [-0.3, -0.25) is 4.79 Å². The second kappa shape index (κ2) is 10.7. The van der Waals surface area contributed by atoms with Gasteiger partial charge >= 0.3 is 6.16 Å². The van der Waals surface area contributed by atoms with E-state index in [9.17, 15) is 9.59 Å². The Kier molecular flexibility index (Phi) is 7.63. The third kappa shape index (κ3) is 5.61. The van der Waals surface area contributed by atoms with Gasteiger partial charge in [0.1, 0.15) is 10.8 Å². The van der Waals surface area contributed by atoms with Gasteiger partial charge in [0.15, 0.2) is 5.78 Å². The number of methoxy groups -OCH3 is 1. The number of hydrogen-bond acceptors (Lipinski definition) is 7. The quantitative estimate of drug-likeness (QED) is 0.309. The van der Waals surface area contributed by atoms with Crippen molar-refractivity contribution in [3.05, 3.63) is 64.5 Å². The highest BCUT2D eigenvalue weighted by atomic mass is 32.2. The van der Waals surface area contributed by atoms with Gasteiger partial charge in [0.05, 0.1) is 12.7 Å². The number of piperidine rings is 1. The van der Waals surface area contributed by atoms with E-state index in [0.717, 1.165) is 53.2 Å². The van der Waals surface area contributed by atoms with Crippen LogP contribution in [0.5, 0.6) is 0 Å². The van der Waals surface area contributed by atoms with Gasteiger partial charge in [-0.25, -0.2) is 14.1 Å². The molecule has 1 aliphatic heterocycles. The van der Waals surface area contributed by atoms with Crippen molar-refractivity contribution in [1.82, 2.24) is 9.29 Å². The van der Waals surface area contributed by atoms with Crippen LogP contribution >= 0.6 is 11.9 Å². The lowest BCUT2D eigenvalue weighted by Crippen LogP contribution is -2.41. The number of aryl methyl sites for hydroxylation is 2. The Morgan fingerprint density at radius 2 is 1.86 bits per heavy atom. The predicted octanol–water partition coefficient (Wildman–Crippen LogP) is 5.72. The van der Waals surface area contributed by atoms with Crippen molar-refractivity contribution in [2.24, 2.45) is 5.41 Å². The zero-order valence-corrected chi connectivity index (χ0v) is 21.5. The second-order valence-electron chi connectivity index (χ2n) is 9.18. The number of benzene rings is 1. The summed E-state index contributed by atoms with van der Waals surface area (Å²) >= 11 is 1.64. The molecular weight excluding hydrogens is 460 g/mol. The number of rotatable bonds is 4. The first-order valence-electron chi connectivity index (χ1n) is 11.7. The number of ether oxygens (including phenoxy) is 2. The van der Waals surface area contributed by atoms with Crippen LogP contribution in [-0.4, -0.2) is 41.4 Å².